The van der Waals surface area contributed by atoms with Gasteiger partial charge in [0.05, 0.1) is 12.4 Å². The van der Waals surface area contributed by atoms with Crippen LogP contribution in [-0.4, -0.2) is 74.1 Å². The second kappa shape index (κ2) is 13.4. The van der Waals surface area contributed by atoms with Crippen molar-refractivity contribution in [2.24, 2.45) is 11.7 Å². The van der Waals surface area contributed by atoms with E-state index < -0.39 is 54.0 Å². The van der Waals surface area contributed by atoms with Crippen LogP contribution in [0.3, 0.4) is 0 Å². The van der Waals surface area contributed by atoms with Gasteiger partial charge in [-0.05, 0) is 18.4 Å². The number of nitrogens with one attached hydrogen (secondary N) is 4. The Hall–Kier alpha value is -3.77. The molecule has 0 bridgehead atoms. The van der Waals surface area contributed by atoms with Crippen LogP contribution in [-0.2, 0) is 32.0 Å². The van der Waals surface area contributed by atoms with Gasteiger partial charge in [-0.2, -0.15) is 0 Å². The molecule has 5 atom stereocenters. The van der Waals surface area contributed by atoms with Gasteiger partial charge in [-0.3, -0.25) is 14.4 Å². The number of carboxylic acid groups (broad SMARTS) is 1. The van der Waals surface area contributed by atoms with E-state index in [1.54, 1.807) is 44.2 Å². The average molecular weight is 503 g/mol. The van der Waals surface area contributed by atoms with Crippen molar-refractivity contribution in [3.8, 4) is 0 Å². The summed E-state index contributed by atoms with van der Waals surface area (Å²) in [6.07, 6.45) is 1.79. The molecule has 5 unspecified atom stereocenters. The molecule has 8 N–H and O–H groups in total. The molecule has 2 aromatic rings. The molecule has 0 spiro atoms. The normalized spacial score (nSPS) is 15.3. The van der Waals surface area contributed by atoms with Crippen LogP contribution in [0.4, 0.5) is 0 Å². The van der Waals surface area contributed by atoms with Crippen LogP contribution in [0.2, 0.25) is 0 Å². The maximum absolute atomic E-state index is 13.2. The highest BCUT2D eigenvalue weighted by atomic mass is 16.4. The van der Waals surface area contributed by atoms with Gasteiger partial charge >= 0.3 is 5.97 Å². The van der Waals surface area contributed by atoms with Gasteiger partial charge in [0.15, 0.2) is 0 Å². The smallest absolute Gasteiger partial charge is 0.326 e. The first-order valence-electron chi connectivity index (χ1n) is 11.6. The SMILES string of the molecule is CC(C)C(NC(=O)C(N)C(C)O)C(=O)NC(Cc1ccccc1)C(=O)NC(Cc1cnc[nH]1)C(=O)O. The fraction of sp³-hybridized carbons (Fsp3) is 0.458. The second-order valence-electron chi connectivity index (χ2n) is 8.93. The highest BCUT2D eigenvalue weighted by Crippen LogP contribution is 2.08. The lowest BCUT2D eigenvalue weighted by Crippen LogP contribution is -2.59. The minimum atomic E-state index is -1.27. The van der Waals surface area contributed by atoms with Crippen LogP contribution in [0.1, 0.15) is 32.0 Å². The van der Waals surface area contributed by atoms with Gasteiger partial charge in [0.25, 0.3) is 0 Å². The molecule has 0 aliphatic heterocycles. The molecule has 12 nitrogen and oxygen atoms in total. The van der Waals surface area contributed by atoms with E-state index in [4.69, 9.17) is 5.73 Å². The largest absolute Gasteiger partial charge is 0.480 e. The molecule has 12 heteroatoms. The molecule has 1 heterocycles. The number of nitrogens with two attached hydrogens (primary N) is 1. The Morgan fingerprint density at radius 3 is 2.11 bits per heavy atom. The van der Waals surface area contributed by atoms with E-state index in [1.807, 2.05) is 0 Å². The molecule has 1 aromatic carbocycles. The number of imidazole rings is 1. The summed E-state index contributed by atoms with van der Waals surface area (Å²) in [6, 6.07) is 4.22. The lowest BCUT2D eigenvalue weighted by Gasteiger charge is -2.27. The van der Waals surface area contributed by atoms with E-state index in [0.717, 1.165) is 5.56 Å². The van der Waals surface area contributed by atoms with Crippen molar-refractivity contribution in [1.82, 2.24) is 25.9 Å². The Morgan fingerprint density at radius 1 is 0.944 bits per heavy atom. The maximum Gasteiger partial charge on any atom is 0.326 e. The Morgan fingerprint density at radius 2 is 1.58 bits per heavy atom. The molecular weight excluding hydrogens is 468 g/mol. The van der Waals surface area contributed by atoms with Gasteiger partial charge in [0, 0.05) is 24.7 Å². The summed E-state index contributed by atoms with van der Waals surface area (Å²) < 4.78 is 0. The number of hydrogen-bond donors (Lipinski definition) is 7. The molecule has 196 valence electrons. The number of carbonyl (C=O) groups is 4. The van der Waals surface area contributed by atoms with Crippen LogP contribution in [0, 0.1) is 5.92 Å². The van der Waals surface area contributed by atoms with Crippen LogP contribution in [0.5, 0.6) is 0 Å². The van der Waals surface area contributed by atoms with Gasteiger partial charge in [-0.25, -0.2) is 9.78 Å². The van der Waals surface area contributed by atoms with Crippen LogP contribution in [0.15, 0.2) is 42.9 Å². The number of rotatable bonds is 13. The number of H-pyrrole nitrogens is 1. The Bertz CT molecular complexity index is 1010. The number of aromatic nitrogens is 2. The van der Waals surface area contributed by atoms with E-state index in [0.29, 0.717) is 5.69 Å². The first-order valence-corrected chi connectivity index (χ1v) is 11.6. The minimum Gasteiger partial charge on any atom is -0.480 e. The van der Waals surface area contributed by atoms with Gasteiger partial charge in [0.2, 0.25) is 17.7 Å². The first kappa shape index (κ1) is 28.5. The topological polar surface area (TPSA) is 200 Å². The van der Waals surface area contributed by atoms with Crippen molar-refractivity contribution < 1.29 is 29.4 Å². The summed E-state index contributed by atoms with van der Waals surface area (Å²) in [7, 11) is 0. The fourth-order valence-electron chi connectivity index (χ4n) is 3.41. The molecule has 0 saturated heterocycles. The summed E-state index contributed by atoms with van der Waals surface area (Å²) in [4.78, 5) is 57.1. The number of aromatic amines is 1. The third kappa shape index (κ3) is 8.47. The third-order valence-corrected chi connectivity index (χ3v) is 5.58. The number of carbonyl (C=O) groups excluding carboxylic acids is 3. The highest BCUT2D eigenvalue weighted by Gasteiger charge is 2.32. The molecule has 36 heavy (non-hydrogen) atoms. The number of amides is 3. The van der Waals surface area contributed by atoms with E-state index in [2.05, 4.69) is 25.9 Å². The van der Waals surface area contributed by atoms with Crippen molar-refractivity contribution >= 4 is 23.7 Å². The molecule has 0 fully saturated rings. The molecule has 2 rings (SSSR count). The third-order valence-electron chi connectivity index (χ3n) is 5.58. The first-order chi connectivity index (χ1) is 17.0. The fourth-order valence-corrected chi connectivity index (χ4v) is 3.41. The summed E-state index contributed by atoms with van der Waals surface area (Å²) in [5, 5.41) is 26.8. The molecule has 0 radical (unpaired) electrons. The van der Waals surface area contributed by atoms with Crippen molar-refractivity contribution in [2.45, 2.75) is 63.9 Å². The summed E-state index contributed by atoms with van der Waals surface area (Å²) in [5.41, 5.74) is 6.93. The maximum atomic E-state index is 13.2. The monoisotopic (exact) mass is 502 g/mol. The number of carboxylic acids is 1. The quantitative estimate of drug-likeness (QED) is 0.183. The molecular formula is C24H34N6O6. The summed E-state index contributed by atoms with van der Waals surface area (Å²) >= 11 is 0. The predicted molar refractivity (Wildman–Crippen MR) is 130 cm³/mol. The van der Waals surface area contributed by atoms with Crippen molar-refractivity contribution in [3.05, 3.63) is 54.1 Å². The van der Waals surface area contributed by atoms with E-state index in [1.165, 1.54) is 19.4 Å². The van der Waals surface area contributed by atoms with Gasteiger partial charge in [0.1, 0.15) is 24.2 Å². The predicted octanol–water partition coefficient (Wildman–Crippen LogP) is -0.902. The van der Waals surface area contributed by atoms with E-state index >= 15 is 0 Å². The Balaban J connectivity index is 2.22. The van der Waals surface area contributed by atoms with Crippen molar-refractivity contribution in [3.63, 3.8) is 0 Å². The Labute approximate surface area is 209 Å². The summed E-state index contributed by atoms with van der Waals surface area (Å²) in [6.45, 7) is 4.77. The van der Waals surface area contributed by atoms with Crippen LogP contribution >= 0.6 is 0 Å². The zero-order valence-corrected chi connectivity index (χ0v) is 20.5. The second-order valence-corrected chi connectivity index (χ2v) is 8.93. The van der Waals surface area contributed by atoms with Gasteiger partial charge < -0.3 is 36.9 Å². The summed E-state index contributed by atoms with van der Waals surface area (Å²) in [5.74, 6) is -3.68. The lowest BCUT2D eigenvalue weighted by atomic mass is 10.00. The van der Waals surface area contributed by atoms with Crippen molar-refractivity contribution in [2.75, 3.05) is 0 Å². The van der Waals surface area contributed by atoms with Gasteiger partial charge in [-0.1, -0.05) is 44.2 Å². The Kier molecular flexibility index (Phi) is 10.6. The zero-order chi connectivity index (χ0) is 26.8. The zero-order valence-electron chi connectivity index (χ0n) is 20.5. The van der Waals surface area contributed by atoms with Gasteiger partial charge in [-0.15, -0.1) is 0 Å². The average Bonchev–Trinajstić information content (AvgIpc) is 3.34. The van der Waals surface area contributed by atoms with Crippen LogP contribution < -0.4 is 21.7 Å². The number of aliphatic carboxylic acids is 1. The molecule has 0 aliphatic carbocycles. The number of aliphatic hydroxyl groups is 1. The molecule has 0 saturated carbocycles. The molecule has 1 aromatic heterocycles. The number of aliphatic hydroxyl groups excluding tert-OH is 1. The van der Waals surface area contributed by atoms with Crippen molar-refractivity contribution in [1.29, 1.82) is 0 Å². The minimum absolute atomic E-state index is 0.0328. The molecule has 3 amide bonds. The van der Waals surface area contributed by atoms with E-state index in [9.17, 15) is 29.4 Å². The molecule has 0 aliphatic rings. The standard InChI is InChI=1S/C24H34N6O6/c1-13(2)20(30-22(33)19(25)14(3)31)23(34)28-17(9-15-7-5-4-6-8-15)21(32)29-18(24(35)36)10-16-11-26-12-27-16/h4-8,11-14,17-20,31H,9-10,25H2,1-3H3,(H,26,27)(H,28,34)(H,29,32)(H,30,33)(H,35,36). The van der Waals surface area contributed by atoms with E-state index in [-0.39, 0.29) is 18.8 Å². The number of hydrogen-bond acceptors (Lipinski definition) is 7. The van der Waals surface area contributed by atoms with Crippen LogP contribution in [0.25, 0.3) is 0 Å². The number of benzene rings is 1. The highest BCUT2D eigenvalue weighted by molar-refractivity contribution is 5.94. The lowest BCUT2D eigenvalue weighted by molar-refractivity contribution is -0.142. The number of nitrogens with zero attached hydrogens (tertiary/aromatic N) is 1.